The molecule has 2 saturated heterocycles. The third-order valence-electron chi connectivity index (χ3n) is 5.14. The fraction of sp³-hybridized carbons (Fsp3) is 1.00. The molecule has 3 aliphatic rings. The molecule has 0 bridgehead atoms. The minimum absolute atomic E-state index is 0.274. The van der Waals surface area contributed by atoms with E-state index in [1.54, 1.807) is 0 Å². The highest BCUT2D eigenvalue weighted by molar-refractivity contribution is 7.91. The highest BCUT2D eigenvalue weighted by atomic mass is 32.2. The van der Waals surface area contributed by atoms with Crippen LogP contribution in [0.2, 0.25) is 0 Å². The summed E-state index contributed by atoms with van der Waals surface area (Å²) in [6, 6.07) is 0.274. The lowest BCUT2D eigenvalue weighted by atomic mass is 9.96. The monoisotopic (exact) mass is 286 g/mol. The summed E-state index contributed by atoms with van der Waals surface area (Å²) in [6.07, 6.45) is 8.25. The average Bonchev–Trinajstić information content (AvgIpc) is 2.69. The first kappa shape index (κ1) is 13.8. The zero-order chi connectivity index (χ0) is 13.3. The second-order valence-corrected chi connectivity index (χ2v) is 8.88. The molecule has 1 N–H and O–H groups in total. The number of hydrogen-bond donors (Lipinski definition) is 1. The van der Waals surface area contributed by atoms with Crippen LogP contribution in [-0.4, -0.2) is 56.0 Å². The van der Waals surface area contributed by atoms with Crippen LogP contribution in [0.1, 0.15) is 44.9 Å². The van der Waals surface area contributed by atoms with Crippen molar-refractivity contribution in [3.05, 3.63) is 0 Å². The van der Waals surface area contributed by atoms with E-state index in [-0.39, 0.29) is 11.6 Å². The fourth-order valence-electron chi connectivity index (χ4n) is 4.14. The lowest BCUT2D eigenvalue weighted by Crippen LogP contribution is -2.53. The van der Waals surface area contributed by atoms with Crippen LogP contribution in [0.3, 0.4) is 0 Å². The minimum Gasteiger partial charge on any atom is -0.310 e. The van der Waals surface area contributed by atoms with Gasteiger partial charge in [-0.1, -0.05) is 12.8 Å². The summed E-state index contributed by atoms with van der Waals surface area (Å²) >= 11 is 0. The van der Waals surface area contributed by atoms with Gasteiger partial charge in [-0.3, -0.25) is 4.90 Å². The van der Waals surface area contributed by atoms with E-state index in [0.717, 1.165) is 38.9 Å². The molecule has 110 valence electrons. The van der Waals surface area contributed by atoms with E-state index in [4.69, 9.17) is 0 Å². The summed E-state index contributed by atoms with van der Waals surface area (Å²) in [6.45, 7) is 3.22. The topological polar surface area (TPSA) is 49.4 Å². The van der Waals surface area contributed by atoms with Gasteiger partial charge in [-0.2, -0.15) is 0 Å². The summed E-state index contributed by atoms with van der Waals surface area (Å²) in [5.74, 6) is 0.795. The molecule has 3 rings (SSSR count). The Hall–Kier alpha value is -0.130. The maximum atomic E-state index is 11.9. The van der Waals surface area contributed by atoms with Crippen molar-refractivity contribution < 1.29 is 8.42 Å². The highest BCUT2D eigenvalue weighted by Crippen LogP contribution is 2.33. The lowest BCUT2D eigenvalue weighted by molar-refractivity contribution is 0.157. The Bertz CT molecular complexity index is 415. The highest BCUT2D eigenvalue weighted by Gasteiger charge is 2.39. The smallest absolute Gasteiger partial charge is 0.151 e. The van der Waals surface area contributed by atoms with Crippen molar-refractivity contribution >= 4 is 9.84 Å². The maximum absolute atomic E-state index is 11.9. The van der Waals surface area contributed by atoms with Gasteiger partial charge in [0.05, 0.1) is 11.5 Å². The Morgan fingerprint density at radius 3 is 2.63 bits per heavy atom. The van der Waals surface area contributed by atoms with Crippen LogP contribution >= 0.6 is 0 Å². The molecule has 0 aromatic carbocycles. The minimum atomic E-state index is -2.79. The van der Waals surface area contributed by atoms with Gasteiger partial charge in [0.25, 0.3) is 0 Å². The van der Waals surface area contributed by atoms with E-state index in [0.29, 0.717) is 11.5 Å². The normalized spacial score (nSPS) is 35.3. The van der Waals surface area contributed by atoms with Crippen LogP contribution < -0.4 is 5.32 Å². The van der Waals surface area contributed by atoms with Gasteiger partial charge in [-0.25, -0.2) is 8.42 Å². The maximum Gasteiger partial charge on any atom is 0.151 e. The summed E-state index contributed by atoms with van der Waals surface area (Å²) < 4.78 is 23.7. The number of sulfone groups is 1. The van der Waals surface area contributed by atoms with Gasteiger partial charge < -0.3 is 5.32 Å². The SMILES string of the molecule is O=S1(=O)CCCC(N2CCCNC3(CCCC3)C2)C1. The molecule has 4 nitrogen and oxygen atoms in total. The predicted molar refractivity (Wildman–Crippen MR) is 77.1 cm³/mol. The van der Waals surface area contributed by atoms with Crippen molar-refractivity contribution in [1.29, 1.82) is 0 Å². The van der Waals surface area contributed by atoms with Gasteiger partial charge in [0, 0.05) is 18.1 Å². The van der Waals surface area contributed by atoms with Crippen LogP contribution in [0, 0.1) is 0 Å². The summed E-state index contributed by atoms with van der Waals surface area (Å²) in [5, 5.41) is 3.76. The van der Waals surface area contributed by atoms with Crippen molar-refractivity contribution in [2.24, 2.45) is 0 Å². The first-order valence-corrected chi connectivity index (χ1v) is 9.60. The van der Waals surface area contributed by atoms with E-state index >= 15 is 0 Å². The molecule has 5 heteroatoms. The first-order chi connectivity index (χ1) is 9.09. The molecule has 0 aromatic heterocycles. The van der Waals surface area contributed by atoms with Gasteiger partial charge in [-0.05, 0) is 45.2 Å². The fourth-order valence-corrected chi connectivity index (χ4v) is 5.88. The van der Waals surface area contributed by atoms with Crippen molar-refractivity contribution in [3.63, 3.8) is 0 Å². The Morgan fingerprint density at radius 1 is 1.11 bits per heavy atom. The molecule has 2 aliphatic heterocycles. The summed E-state index contributed by atoms with van der Waals surface area (Å²) in [7, 11) is -2.79. The zero-order valence-electron chi connectivity index (χ0n) is 11.7. The number of rotatable bonds is 1. The second-order valence-electron chi connectivity index (χ2n) is 6.65. The molecule has 1 atom stereocenters. The third kappa shape index (κ3) is 3.14. The molecule has 0 radical (unpaired) electrons. The van der Waals surface area contributed by atoms with Gasteiger partial charge in [0.15, 0.2) is 9.84 Å². The third-order valence-corrected chi connectivity index (χ3v) is 6.95. The van der Waals surface area contributed by atoms with Crippen molar-refractivity contribution in [2.75, 3.05) is 31.1 Å². The Kier molecular flexibility index (Phi) is 3.89. The van der Waals surface area contributed by atoms with E-state index in [2.05, 4.69) is 10.2 Å². The molecular formula is C14H26N2O2S. The standard InChI is InChI=1S/C14H26N2O2S/c17-19(18)10-3-5-13(11-19)16-9-4-8-15-14(12-16)6-1-2-7-14/h13,15H,1-12H2. The quantitative estimate of drug-likeness (QED) is 0.786. The van der Waals surface area contributed by atoms with Crippen LogP contribution in [0.25, 0.3) is 0 Å². The predicted octanol–water partition coefficient (Wildman–Crippen LogP) is 1.17. The molecular weight excluding hydrogens is 260 g/mol. The average molecular weight is 286 g/mol. The molecule has 1 saturated carbocycles. The molecule has 0 amide bonds. The van der Waals surface area contributed by atoms with Crippen LogP contribution in [0.15, 0.2) is 0 Å². The van der Waals surface area contributed by atoms with Gasteiger partial charge >= 0.3 is 0 Å². The van der Waals surface area contributed by atoms with Crippen LogP contribution in [0.4, 0.5) is 0 Å². The van der Waals surface area contributed by atoms with Gasteiger partial charge in [0.1, 0.15) is 0 Å². The van der Waals surface area contributed by atoms with Gasteiger partial charge in [0.2, 0.25) is 0 Å². The van der Waals surface area contributed by atoms with E-state index in [1.807, 2.05) is 0 Å². The number of hydrogen-bond acceptors (Lipinski definition) is 4. The molecule has 2 heterocycles. The van der Waals surface area contributed by atoms with Crippen molar-refractivity contribution in [1.82, 2.24) is 10.2 Å². The lowest BCUT2D eigenvalue weighted by Gasteiger charge is -2.38. The Balaban J connectivity index is 1.72. The second kappa shape index (κ2) is 5.34. The van der Waals surface area contributed by atoms with Crippen molar-refractivity contribution in [2.45, 2.75) is 56.5 Å². The summed E-state index contributed by atoms with van der Waals surface area (Å²) in [5.41, 5.74) is 0.289. The summed E-state index contributed by atoms with van der Waals surface area (Å²) in [4.78, 5) is 2.49. The van der Waals surface area contributed by atoms with Crippen LogP contribution in [0.5, 0.6) is 0 Å². The van der Waals surface area contributed by atoms with Crippen molar-refractivity contribution in [3.8, 4) is 0 Å². The van der Waals surface area contributed by atoms with E-state index < -0.39 is 9.84 Å². The van der Waals surface area contributed by atoms with Crippen LogP contribution in [-0.2, 0) is 9.84 Å². The number of nitrogens with one attached hydrogen (secondary N) is 1. The molecule has 1 aliphatic carbocycles. The molecule has 1 unspecified atom stereocenters. The van der Waals surface area contributed by atoms with E-state index in [9.17, 15) is 8.42 Å². The Morgan fingerprint density at radius 2 is 1.89 bits per heavy atom. The Labute approximate surface area is 116 Å². The zero-order valence-corrected chi connectivity index (χ0v) is 12.6. The first-order valence-electron chi connectivity index (χ1n) is 7.78. The van der Waals surface area contributed by atoms with E-state index in [1.165, 1.54) is 25.7 Å². The molecule has 0 aromatic rings. The molecule has 1 spiro atoms. The molecule has 3 fully saturated rings. The molecule has 19 heavy (non-hydrogen) atoms. The largest absolute Gasteiger partial charge is 0.310 e. The number of nitrogens with zero attached hydrogens (tertiary/aromatic N) is 1. The van der Waals surface area contributed by atoms with Gasteiger partial charge in [-0.15, -0.1) is 0 Å².